The van der Waals surface area contributed by atoms with E-state index < -0.39 is 34.7 Å². The van der Waals surface area contributed by atoms with E-state index in [2.05, 4.69) is 10.6 Å². The van der Waals surface area contributed by atoms with Crippen LogP contribution < -0.4 is 10.6 Å². The molecular formula is C32H37N3O5S2. The first-order valence-electron chi connectivity index (χ1n) is 13.7. The van der Waals surface area contributed by atoms with Crippen molar-refractivity contribution in [2.75, 3.05) is 12.1 Å². The Bertz CT molecular complexity index is 1430. The molecule has 0 unspecified atom stereocenters. The molecule has 1 saturated heterocycles. The molecular weight excluding hydrogens is 571 g/mol. The Morgan fingerprint density at radius 1 is 1.05 bits per heavy atom. The molecule has 0 aliphatic carbocycles. The number of nitrogens with one attached hydrogen (secondary N) is 2. The second kappa shape index (κ2) is 13.7. The lowest BCUT2D eigenvalue weighted by atomic mass is 9.96. The number of carbonyl (C=O) groups is 3. The highest BCUT2D eigenvalue weighted by Crippen LogP contribution is 2.40. The monoisotopic (exact) mass is 607 g/mol. The minimum Gasteiger partial charge on any atom is -0.508 e. The van der Waals surface area contributed by atoms with Crippen LogP contribution in [0.15, 0.2) is 77.7 Å². The van der Waals surface area contributed by atoms with E-state index in [-0.39, 0.29) is 29.5 Å². The molecule has 1 fully saturated rings. The number of phenolic OH excluding ortho intramolecular Hbond substituents is 1. The average Bonchev–Trinajstić information content (AvgIpc) is 3.31. The van der Waals surface area contributed by atoms with E-state index in [1.54, 1.807) is 30.8 Å². The Morgan fingerprint density at radius 3 is 2.45 bits per heavy atom. The molecule has 1 aliphatic rings. The third kappa shape index (κ3) is 7.11. The number of phenols is 1. The molecule has 3 atom stereocenters. The van der Waals surface area contributed by atoms with E-state index in [1.807, 2.05) is 74.7 Å². The van der Waals surface area contributed by atoms with Crippen LogP contribution in [-0.2, 0) is 22.6 Å². The first-order chi connectivity index (χ1) is 20.0. The van der Waals surface area contributed by atoms with Crippen molar-refractivity contribution in [3.63, 3.8) is 0 Å². The van der Waals surface area contributed by atoms with Crippen LogP contribution in [0.4, 0.5) is 0 Å². The highest BCUT2D eigenvalue weighted by molar-refractivity contribution is 8.00. The number of hydrogen-bond acceptors (Lipinski definition) is 7. The highest BCUT2D eigenvalue weighted by Gasteiger charge is 2.49. The maximum absolute atomic E-state index is 13.9. The quantitative estimate of drug-likeness (QED) is 0.256. The minimum absolute atomic E-state index is 0.0239. The Labute approximate surface area is 255 Å². The summed E-state index contributed by atoms with van der Waals surface area (Å²) >= 11 is 3.06. The van der Waals surface area contributed by atoms with Gasteiger partial charge in [0.05, 0.1) is 11.9 Å². The summed E-state index contributed by atoms with van der Waals surface area (Å²) in [5.41, 5.74) is 2.44. The lowest BCUT2D eigenvalue weighted by Crippen LogP contribution is -2.58. The van der Waals surface area contributed by atoms with Crippen LogP contribution in [0.5, 0.6) is 5.75 Å². The summed E-state index contributed by atoms with van der Waals surface area (Å²) in [6.07, 6.45) is 0.546. The van der Waals surface area contributed by atoms with Gasteiger partial charge in [0.25, 0.3) is 11.8 Å². The first kappa shape index (κ1) is 31.5. The summed E-state index contributed by atoms with van der Waals surface area (Å²) in [5.74, 6) is -1.26. The van der Waals surface area contributed by atoms with Gasteiger partial charge in [-0.2, -0.15) is 0 Å². The van der Waals surface area contributed by atoms with Gasteiger partial charge in [0.2, 0.25) is 5.91 Å². The zero-order valence-corrected chi connectivity index (χ0v) is 25.8. The van der Waals surface area contributed by atoms with Crippen LogP contribution >= 0.6 is 23.5 Å². The third-order valence-corrected chi connectivity index (χ3v) is 9.73. The van der Waals surface area contributed by atoms with E-state index in [1.165, 1.54) is 22.7 Å². The fourth-order valence-electron chi connectivity index (χ4n) is 5.11. The number of thioether (sulfide) groups is 2. The maximum atomic E-state index is 13.9. The lowest BCUT2D eigenvalue weighted by molar-refractivity contribution is -0.147. The number of aliphatic hydroxyl groups is 1. The molecule has 42 heavy (non-hydrogen) atoms. The molecule has 0 saturated carbocycles. The van der Waals surface area contributed by atoms with Gasteiger partial charge in [-0.1, -0.05) is 54.6 Å². The SMILES string of the molecule is CSc1ccccc1CNC(=O)[C@H]1N(C(=O)[C@@H](O)[C@H](Cc2ccccc2)NC(=O)c2cccc(O)c2C)CSC1(C)C. The maximum Gasteiger partial charge on any atom is 0.254 e. The zero-order valence-electron chi connectivity index (χ0n) is 24.2. The fraction of sp³-hybridized carbons (Fsp3) is 0.344. The summed E-state index contributed by atoms with van der Waals surface area (Å²) in [4.78, 5) is 43.2. The summed E-state index contributed by atoms with van der Waals surface area (Å²) in [6, 6.07) is 19.9. The van der Waals surface area contributed by atoms with Gasteiger partial charge in [-0.05, 0) is 62.8 Å². The van der Waals surface area contributed by atoms with Crippen LogP contribution in [0, 0.1) is 6.92 Å². The largest absolute Gasteiger partial charge is 0.508 e. The molecule has 4 rings (SSSR count). The molecule has 3 aromatic carbocycles. The molecule has 3 amide bonds. The van der Waals surface area contributed by atoms with Crippen LogP contribution in [0.25, 0.3) is 0 Å². The Hall–Kier alpha value is -3.47. The number of aliphatic hydroxyl groups excluding tert-OH is 1. The second-order valence-electron chi connectivity index (χ2n) is 10.8. The van der Waals surface area contributed by atoms with E-state index in [4.69, 9.17) is 0 Å². The first-order valence-corrected chi connectivity index (χ1v) is 15.9. The van der Waals surface area contributed by atoms with Crippen molar-refractivity contribution >= 4 is 41.2 Å². The van der Waals surface area contributed by atoms with Crippen molar-refractivity contribution in [1.82, 2.24) is 15.5 Å². The fourth-order valence-corrected chi connectivity index (χ4v) is 6.87. The highest BCUT2D eigenvalue weighted by atomic mass is 32.2. The molecule has 1 heterocycles. The van der Waals surface area contributed by atoms with Gasteiger partial charge < -0.3 is 25.7 Å². The molecule has 4 N–H and O–H groups in total. The molecule has 0 bridgehead atoms. The van der Waals surface area contributed by atoms with Crippen molar-refractivity contribution < 1.29 is 24.6 Å². The van der Waals surface area contributed by atoms with Gasteiger partial charge in [0, 0.05) is 27.3 Å². The van der Waals surface area contributed by atoms with Crippen molar-refractivity contribution in [3.8, 4) is 5.75 Å². The number of carbonyl (C=O) groups excluding carboxylic acids is 3. The minimum atomic E-state index is -1.62. The van der Waals surface area contributed by atoms with Gasteiger partial charge in [0.15, 0.2) is 6.10 Å². The molecule has 222 valence electrons. The molecule has 8 nitrogen and oxygen atoms in total. The zero-order chi connectivity index (χ0) is 30.4. The van der Waals surface area contributed by atoms with Gasteiger partial charge in [-0.15, -0.1) is 23.5 Å². The van der Waals surface area contributed by atoms with Crippen LogP contribution in [0.2, 0.25) is 0 Å². The number of hydrogen-bond donors (Lipinski definition) is 4. The van der Waals surface area contributed by atoms with Crippen LogP contribution in [-0.4, -0.2) is 67.9 Å². The lowest BCUT2D eigenvalue weighted by Gasteiger charge is -2.33. The van der Waals surface area contributed by atoms with Crippen molar-refractivity contribution in [3.05, 3.63) is 95.1 Å². The van der Waals surface area contributed by atoms with Crippen molar-refractivity contribution in [2.24, 2.45) is 0 Å². The van der Waals surface area contributed by atoms with E-state index in [0.717, 1.165) is 16.0 Å². The van der Waals surface area contributed by atoms with Gasteiger partial charge in [-0.25, -0.2) is 0 Å². The summed E-state index contributed by atoms with van der Waals surface area (Å²) in [5, 5.41) is 27.4. The van der Waals surface area contributed by atoms with E-state index >= 15 is 0 Å². The predicted octanol–water partition coefficient (Wildman–Crippen LogP) is 4.12. The smallest absolute Gasteiger partial charge is 0.254 e. The Morgan fingerprint density at radius 2 is 1.74 bits per heavy atom. The number of aromatic hydroxyl groups is 1. The normalized spacial score (nSPS) is 17.4. The summed E-state index contributed by atoms with van der Waals surface area (Å²) < 4.78 is -0.602. The molecule has 10 heteroatoms. The molecule has 0 aromatic heterocycles. The molecule has 1 aliphatic heterocycles. The number of nitrogens with zero attached hydrogens (tertiary/aromatic N) is 1. The standard InChI is InChI=1S/C32H37N3O5S2/c1-20-23(14-10-15-25(20)36)29(38)34-24(17-21-11-6-5-7-12-21)27(37)31(40)35-19-42-32(2,3)28(35)30(39)33-18-22-13-8-9-16-26(22)41-4/h5-16,24,27-28,36-37H,17-19H2,1-4H3,(H,33,39)(H,34,38)/t24-,27-,28+/m0/s1. The van der Waals surface area contributed by atoms with Gasteiger partial charge in [0.1, 0.15) is 11.8 Å². The topological polar surface area (TPSA) is 119 Å². The van der Waals surface area contributed by atoms with Crippen molar-refractivity contribution in [2.45, 2.75) is 61.6 Å². The third-order valence-electron chi connectivity index (χ3n) is 7.52. The molecule has 0 spiro atoms. The predicted molar refractivity (Wildman–Crippen MR) is 167 cm³/mol. The summed E-state index contributed by atoms with van der Waals surface area (Å²) in [6.45, 7) is 5.76. The van der Waals surface area contributed by atoms with Gasteiger partial charge >= 0.3 is 0 Å². The van der Waals surface area contributed by atoms with E-state index in [0.29, 0.717) is 12.1 Å². The number of rotatable bonds is 10. The molecule has 3 aromatic rings. The number of benzene rings is 3. The summed E-state index contributed by atoms with van der Waals surface area (Å²) in [7, 11) is 0. The number of amides is 3. The van der Waals surface area contributed by atoms with Crippen LogP contribution in [0.3, 0.4) is 0 Å². The van der Waals surface area contributed by atoms with Crippen LogP contribution in [0.1, 0.15) is 40.9 Å². The molecule has 0 radical (unpaired) electrons. The second-order valence-corrected chi connectivity index (χ2v) is 13.2. The van der Waals surface area contributed by atoms with Gasteiger partial charge in [-0.3, -0.25) is 14.4 Å². The Kier molecular flexibility index (Phi) is 10.2. The van der Waals surface area contributed by atoms with E-state index in [9.17, 15) is 24.6 Å². The Balaban J connectivity index is 1.56. The average molecular weight is 608 g/mol. The van der Waals surface area contributed by atoms with Crippen molar-refractivity contribution in [1.29, 1.82) is 0 Å².